The second-order valence-corrected chi connectivity index (χ2v) is 23.5. The van der Waals surface area contributed by atoms with E-state index >= 15 is 0 Å². The maximum absolute atomic E-state index is 12.5. The van der Waals surface area contributed by atoms with Gasteiger partial charge in [0.2, 0.25) is 5.91 Å². The Morgan fingerprint density at radius 1 is 0.365 bits per heavy atom. The van der Waals surface area contributed by atoms with Crippen molar-refractivity contribution in [2.45, 2.75) is 398 Å². The second kappa shape index (κ2) is 64.1. The van der Waals surface area contributed by atoms with Gasteiger partial charge in [0, 0.05) is 12.8 Å². The molecule has 2 unspecified atom stereocenters. The lowest BCUT2D eigenvalue weighted by Crippen LogP contribution is -2.45. The molecule has 0 aliphatic rings. The van der Waals surface area contributed by atoms with Crippen molar-refractivity contribution in [1.82, 2.24) is 5.32 Å². The molecule has 0 rings (SSSR count). The zero-order valence-corrected chi connectivity index (χ0v) is 50.4. The normalized spacial score (nSPS) is 12.5. The van der Waals surface area contributed by atoms with Crippen LogP contribution >= 0.6 is 0 Å². The van der Waals surface area contributed by atoms with E-state index in [4.69, 9.17) is 4.74 Å². The van der Waals surface area contributed by atoms with Gasteiger partial charge in [-0.15, -0.1) is 0 Å². The molecule has 6 heteroatoms. The molecule has 0 aromatic rings. The van der Waals surface area contributed by atoms with Gasteiger partial charge < -0.3 is 20.3 Å². The first-order valence-electron chi connectivity index (χ1n) is 33.9. The van der Waals surface area contributed by atoms with Crippen LogP contribution in [0.1, 0.15) is 386 Å². The van der Waals surface area contributed by atoms with Crippen LogP contribution in [0.2, 0.25) is 0 Å². The standard InChI is InChI=1S/C68H133NO5/c1-3-5-7-9-11-13-15-17-18-19-27-31-34-38-42-46-50-54-58-62-68(73)74-63-59-55-51-47-43-39-35-32-29-26-24-22-20-21-23-25-28-30-33-37-41-45-49-53-57-61-67(72)69-65(64-70)66(71)60-56-52-48-44-40-36-16-14-12-10-8-6-4-2/h21,23,65-66,70-71H,3-20,22,24-64H2,1-2H3,(H,69,72)/b23-21-. The average Bonchev–Trinajstić information content (AvgIpc) is 3.40. The Kier molecular flexibility index (Phi) is 62.9. The highest BCUT2D eigenvalue weighted by atomic mass is 16.5. The Balaban J connectivity index is 3.35. The van der Waals surface area contributed by atoms with Crippen LogP contribution in [-0.4, -0.2) is 47.4 Å². The highest BCUT2D eigenvalue weighted by Gasteiger charge is 2.20. The molecule has 74 heavy (non-hydrogen) atoms. The predicted molar refractivity (Wildman–Crippen MR) is 324 cm³/mol. The number of carbonyl (C=O) groups is 2. The first-order valence-corrected chi connectivity index (χ1v) is 33.9. The van der Waals surface area contributed by atoms with E-state index < -0.39 is 12.1 Å². The molecular weight excluding hydrogens is 911 g/mol. The second-order valence-electron chi connectivity index (χ2n) is 23.5. The fourth-order valence-electron chi connectivity index (χ4n) is 10.9. The monoisotopic (exact) mass is 1040 g/mol. The first-order chi connectivity index (χ1) is 36.5. The van der Waals surface area contributed by atoms with Gasteiger partial charge in [0.05, 0.1) is 25.4 Å². The van der Waals surface area contributed by atoms with Gasteiger partial charge in [-0.2, -0.15) is 0 Å². The largest absolute Gasteiger partial charge is 0.466 e. The molecule has 1 amide bonds. The van der Waals surface area contributed by atoms with Crippen molar-refractivity contribution in [2.24, 2.45) is 0 Å². The summed E-state index contributed by atoms with van der Waals surface area (Å²) in [6.07, 6.45) is 78.2. The first kappa shape index (κ1) is 72.6. The lowest BCUT2D eigenvalue weighted by molar-refractivity contribution is -0.143. The Hall–Kier alpha value is -1.40. The summed E-state index contributed by atoms with van der Waals surface area (Å²) < 4.78 is 5.51. The van der Waals surface area contributed by atoms with Crippen molar-refractivity contribution in [1.29, 1.82) is 0 Å². The summed E-state index contributed by atoms with van der Waals surface area (Å²) in [4.78, 5) is 24.6. The molecule has 0 spiro atoms. The minimum Gasteiger partial charge on any atom is -0.466 e. The minimum absolute atomic E-state index is 0.0191. The Morgan fingerprint density at radius 2 is 0.635 bits per heavy atom. The summed E-state index contributed by atoms with van der Waals surface area (Å²) in [7, 11) is 0. The van der Waals surface area contributed by atoms with Crippen molar-refractivity contribution in [3.05, 3.63) is 12.2 Å². The van der Waals surface area contributed by atoms with E-state index in [0.717, 1.165) is 38.5 Å². The van der Waals surface area contributed by atoms with Gasteiger partial charge in [-0.1, -0.05) is 334 Å². The van der Waals surface area contributed by atoms with Gasteiger partial charge in [-0.25, -0.2) is 0 Å². The summed E-state index contributed by atoms with van der Waals surface area (Å²) in [5.74, 6) is -0.0168. The van der Waals surface area contributed by atoms with Gasteiger partial charge in [0.1, 0.15) is 0 Å². The van der Waals surface area contributed by atoms with Crippen LogP contribution in [0.15, 0.2) is 12.2 Å². The molecule has 0 aliphatic heterocycles. The van der Waals surface area contributed by atoms with Crippen LogP contribution in [0.25, 0.3) is 0 Å². The molecule has 0 radical (unpaired) electrons. The molecular formula is C68H133NO5. The van der Waals surface area contributed by atoms with E-state index in [2.05, 4.69) is 31.3 Å². The van der Waals surface area contributed by atoms with Crippen LogP contribution in [0.4, 0.5) is 0 Å². The number of unbranched alkanes of at least 4 members (excludes halogenated alkanes) is 51. The number of aliphatic hydroxyl groups is 2. The van der Waals surface area contributed by atoms with E-state index in [-0.39, 0.29) is 18.5 Å². The number of nitrogens with one attached hydrogen (secondary N) is 1. The molecule has 0 bridgehead atoms. The van der Waals surface area contributed by atoms with E-state index in [1.54, 1.807) is 0 Å². The van der Waals surface area contributed by atoms with E-state index in [1.165, 1.54) is 315 Å². The fraction of sp³-hybridized carbons (Fsp3) is 0.941. The molecule has 6 nitrogen and oxygen atoms in total. The number of rotatable bonds is 64. The summed E-state index contributed by atoms with van der Waals surface area (Å²) in [5.41, 5.74) is 0. The molecule has 0 fully saturated rings. The third-order valence-electron chi connectivity index (χ3n) is 16.1. The third kappa shape index (κ3) is 59.8. The molecule has 0 heterocycles. The Bertz CT molecular complexity index is 1110. The van der Waals surface area contributed by atoms with Crippen molar-refractivity contribution >= 4 is 11.9 Å². The molecule has 0 aliphatic carbocycles. The van der Waals surface area contributed by atoms with Crippen LogP contribution in [0.3, 0.4) is 0 Å². The van der Waals surface area contributed by atoms with Gasteiger partial charge in [0.25, 0.3) is 0 Å². The van der Waals surface area contributed by atoms with E-state index in [1.807, 2.05) is 0 Å². The highest BCUT2D eigenvalue weighted by molar-refractivity contribution is 5.76. The van der Waals surface area contributed by atoms with Crippen LogP contribution in [0, 0.1) is 0 Å². The number of amides is 1. The van der Waals surface area contributed by atoms with Crippen molar-refractivity contribution in [3.63, 3.8) is 0 Å². The predicted octanol–water partition coefficient (Wildman–Crippen LogP) is 21.6. The van der Waals surface area contributed by atoms with Gasteiger partial charge in [-0.3, -0.25) is 9.59 Å². The topological polar surface area (TPSA) is 95.9 Å². The zero-order valence-electron chi connectivity index (χ0n) is 50.4. The molecule has 3 N–H and O–H groups in total. The minimum atomic E-state index is -0.665. The maximum Gasteiger partial charge on any atom is 0.305 e. The molecule has 0 aromatic carbocycles. The van der Waals surface area contributed by atoms with Crippen molar-refractivity contribution < 1.29 is 24.5 Å². The highest BCUT2D eigenvalue weighted by Crippen LogP contribution is 2.19. The average molecular weight is 1040 g/mol. The Morgan fingerprint density at radius 3 is 0.959 bits per heavy atom. The molecule has 0 aromatic heterocycles. The molecule has 2 atom stereocenters. The summed E-state index contributed by atoms with van der Waals surface area (Å²) in [6.45, 7) is 4.99. The number of esters is 1. The van der Waals surface area contributed by atoms with Gasteiger partial charge in [0.15, 0.2) is 0 Å². The molecule has 0 saturated heterocycles. The number of ether oxygens (including phenoxy) is 1. The van der Waals surface area contributed by atoms with Crippen LogP contribution in [-0.2, 0) is 14.3 Å². The van der Waals surface area contributed by atoms with Crippen molar-refractivity contribution in [3.8, 4) is 0 Å². The maximum atomic E-state index is 12.5. The van der Waals surface area contributed by atoms with Crippen LogP contribution < -0.4 is 5.32 Å². The number of carbonyl (C=O) groups excluding carboxylic acids is 2. The van der Waals surface area contributed by atoms with Crippen LogP contribution in [0.5, 0.6) is 0 Å². The Labute approximate surface area is 463 Å². The van der Waals surface area contributed by atoms with Gasteiger partial charge >= 0.3 is 5.97 Å². The lowest BCUT2D eigenvalue weighted by atomic mass is 10.0. The molecule has 440 valence electrons. The SMILES string of the molecule is CCCCCCCCCCCCCCCCCCCCCC(=O)OCCCCCCCCCCCCCC/C=C\CCCCCCCCCCCC(=O)NC(CO)C(O)CCCCCCCCCCCCCCC. The number of hydrogen-bond acceptors (Lipinski definition) is 5. The zero-order chi connectivity index (χ0) is 53.6. The number of hydrogen-bond donors (Lipinski definition) is 3. The van der Waals surface area contributed by atoms with E-state index in [9.17, 15) is 19.8 Å². The number of aliphatic hydroxyl groups excluding tert-OH is 2. The summed E-state index contributed by atoms with van der Waals surface area (Å²) in [5, 5.41) is 23.3. The number of allylic oxidation sites excluding steroid dienone is 2. The lowest BCUT2D eigenvalue weighted by Gasteiger charge is -2.22. The van der Waals surface area contributed by atoms with Crippen molar-refractivity contribution in [2.75, 3.05) is 13.2 Å². The smallest absolute Gasteiger partial charge is 0.305 e. The third-order valence-corrected chi connectivity index (χ3v) is 16.1. The quantitative estimate of drug-likeness (QED) is 0.0320. The summed E-state index contributed by atoms with van der Waals surface area (Å²) in [6, 6.07) is -0.542. The molecule has 0 saturated carbocycles. The van der Waals surface area contributed by atoms with Gasteiger partial charge in [-0.05, 0) is 51.4 Å². The fourth-order valence-corrected chi connectivity index (χ4v) is 10.9. The summed E-state index contributed by atoms with van der Waals surface area (Å²) >= 11 is 0. The van der Waals surface area contributed by atoms with E-state index in [0.29, 0.717) is 25.9 Å².